The first-order chi connectivity index (χ1) is 9.08. The Balaban J connectivity index is 1.92. The molecule has 6 heteroatoms. The van der Waals surface area contributed by atoms with Crippen molar-refractivity contribution in [2.75, 3.05) is 11.9 Å². The van der Waals surface area contributed by atoms with Crippen molar-refractivity contribution >= 4 is 11.7 Å². The lowest BCUT2D eigenvalue weighted by Crippen LogP contribution is -2.12. The number of aryl methyl sites for hydroxylation is 1. The Morgan fingerprint density at radius 3 is 2.89 bits per heavy atom. The molecule has 0 amide bonds. The van der Waals surface area contributed by atoms with Gasteiger partial charge >= 0.3 is 5.97 Å². The predicted molar refractivity (Wildman–Crippen MR) is 71.4 cm³/mol. The Bertz CT molecular complexity index is 592. The van der Waals surface area contributed by atoms with Crippen molar-refractivity contribution in [3.05, 3.63) is 41.2 Å². The monoisotopic (exact) mass is 260 g/mol. The Labute approximate surface area is 111 Å². The molecule has 0 aliphatic rings. The number of carboxylic acid groups (broad SMARTS) is 1. The van der Waals surface area contributed by atoms with Crippen molar-refractivity contribution in [1.29, 1.82) is 0 Å². The van der Waals surface area contributed by atoms with Crippen LogP contribution in [0.3, 0.4) is 0 Å². The number of nitrogens with zero attached hydrogens (tertiary/aromatic N) is 3. The summed E-state index contributed by atoms with van der Waals surface area (Å²) in [4.78, 5) is 10.7. The van der Waals surface area contributed by atoms with E-state index >= 15 is 0 Å². The minimum absolute atomic E-state index is 0.0354. The van der Waals surface area contributed by atoms with Gasteiger partial charge in [-0.2, -0.15) is 0 Å². The van der Waals surface area contributed by atoms with Crippen LogP contribution in [0.25, 0.3) is 0 Å². The molecule has 0 radical (unpaired) electrons. The summed E-state index contributed by atoms with van der Waals surface area (Å²) in [6.45, 7) is 5.35. The smallest absolute Gasteiger partial charge is 0.358 e. The van der Waals surface area contributed by atoms with Crippen LogP contribution < -0.4 is 5.32 Å². The van der Waals surface area contributed by atoms with E-state index in [0.29, 0.717) is 13.1 Å². The van der Waals surface area contributed by atoms with Crippen molar-refractivity contribution in [1.82, 2.24) is 15.0 Å². The zero-order valence-corrected chi connectivity index (χ0v) is 10.9. The molecule has 6 nitrogen and oxygen atoms in total. The fourth-order valence-corrected chi connectivity index (χ4v) is 1.75. The van der Waals surface area contributed by atoms with E-state index in [-0.39, 0.29) is 5.69 Å². The Hall–Kier alpha value is -2.37. The molecule has 2 N–H and O–H groups in total. The zero-order chi connectivity index (χ0) is 13.8. The highest BCUT2D eigenvalue weighted by Crippen LogP contribution is 2.17. The van der Waals surface area contributed by atoms with Crippen LogP contribution in [0.4, 0.5) is 5.69 Å². The second-order valence-corrected chi connectivity index (χ2v) is 4.35. The molecule has 1 heterocycles. The Morgan fingerprint density at radius 2 is 2.21 bits per heavy atom. The first kappa shape index (κ1) is 13.1. The topological polar surface area (TPSA) is 80.0 Å². The van der Waals surface area contributed by atoms with E-state index in [0.717, 1.165) is 5.69 Å². The van der Waals surface area contributed by atoms with E-state index in [1.54, 1.807) is 0 Å². The summed E-state index contributed by atoms with van der Waals surface area (Å²) in [6.07, 6.45) is 1.42. The number of hydrogen-bond acceptors (Lipinski definition) is 4. The molecule has 100 valence electrons. The van der Waals surface area contributed by atoms with E-state index in [2.05, 4.69) is 35.5 Å². The second kappa shape index (κ2) is 5.51. The van der Waals surface area contributed by atoms with Gasteiger partial charge in [0, 0.05) is 12.2 Å². The molecule has 0 fully saturated rings. The van der Waals surface area contributed by atoms with E-state index in [4.69, 9.17) is 5.11 Å². The molecule has 0 saturated carbocycles. The molecule has 0 saturated heterocycles. The second-order valence-electron chi connectivity index (χ2n) is 4.35. The molecule has 0 spiro atoms. The molecule has 1 aromatic heterocycles. The largest absolute Gasteiger partial charge is 0.476 e. The van der Waals surface area contributed by atoms with Gasteiger partial charge in [-0.25, -0.2) is 9.48 Å². The number of aromatic carboxylic acids is 1. The lowest BCUT2D eigenvalue weighted by atomic mass is 10.1. The number of carboxylic acids is 1. The van der Waals surface area contributed by atoms with Crippen molar-refractivity contribution in [3.8, 4) is 0 Å². The number of aromatic nitrogens is 3. The van der Waals surface area contributed by atoms with Crippen LogP contribution in [0.15, 0.2) is 24.4 Å². The summed E-state index contributed by atoms with van der Waals surface area (Å²) in [5.74, 6) is -1.06. The fraction of sp³-hybridized carbons (Fsp3) is 0.308. The van der Waals surface area contributed by atoms with Crippen molar-refractivity contribution in [3.63, 3.8) is 0 Å². The van der Waals surface area contributed by atoms with E-state index in [9.17, 15) is 4.79 Å². The van der Waals surface area contributed by atoms with Gasteiger partial charge in [0.15, 0.2) is 5.69 Å². The summed E-state index contributed by atoms with van der Waals surface area (Å²) < 4.78 is 1.52. The van der Waals surface area contributed by atoms with Gasteiger partial charge in [-0.15, -0.1) is 5.10 Å². The number of rotatable bonds is 5. The van der Waals surface area contributed by atoms with Gasteiger partial charge < -0.3 is 10.4 Å². The molecule has 0 aliphatic carbocycles. The predicted octanol–water partition coefficient (Wildman–Crippen LogP) is 1.71. The van der Waals surface area contributed by atoms with Gasteiger partial charge in [0.1, 0.15) is 0 Å². The van der Waals surface area contributed by atoms with Crippen LogP contribution in [0.5, 0.6) is 0 Å². The summed E-state index contributed by atoms with van der Waals surface area (Å²) in [5, 5.41) is 19.4. The van der Waals surface area contributed by atoms with Gasteiger partial charge in [0.2, 0.25) is 0 Å². The molecule has 19 heavy (non-hydrogen) atoms. The summed E-state index contributed by atoms with van der Waals surface area (Å²) in [7, 11) is 0. The first-order valence-corrected chi connectivity index (χ1v) is 6.01. The van der Waals surface area contributed by atoms with Gasteiger partial charge in [0.25, 0.3) is 0 Å². The zero-order valence-electron chi connectivity index (χ0n) is 10.9. The molecule has 1 aromatic carbocycles. The standard InChI is InChI=1S/C13H16N4O2/c1-9-4-3-5-11(10(9)2)14-6-7-17-8-12(13(18)19)15-16-17/h3-5,8,14H,6-7H2,1-2H3,(H,18,19). The van der Waals surface area contributed by atoms with Crippen LogP contribution in [0, 0.1) is 13.8 Å². The molecule has 2 rings (SSSR count). The average Bonchev–Trinajstić information content (AvgIpc) is 2.83. The quantitative estimate of drug-likeness (QED) is 0.855. The molecular weight excluding hydrogens is 244 g/mol. The Morgan fingerprint density at radius 1 is 1.42 bits per heavy atom. The highest BCUT2D eigenvalue weighted by molar-refractivity contribution is 5.84. The van der Waals surface area contributed by atoms with Crippen molar-refractivity contribution in [2.24, 2.45) is 0 Å². The fourth-order valence-electron chi connectivity index (χ4n) is 1.75. The SMILES string of the molecule is Cc1cccc(NCCn2cc(C(=O)O)nn2)c1C. The maximum absolute atomic E-state index is 10.7. The number of hydrogen-bond donors (Lipinski definition) is 2. The summed E-state index contributed by atoms with van der Waals surface area (Å²) in [6, 6.07) is 6.09. The van der Waals surface area contributed by atoms with Crippen LogP contribution >= 0.6 is 0 Å². The number of anilines is 1. The molecular formula is C13H16N4O2. The molecule has 2 aromatic rings. The lowest BCUT2D eigenvalue weighted by molar-refractivity contribution is 0.0690. The highest BCUT2D eigenvalue weighted by Gasteiger charge is 2.07. The highest BCUT2D eigenvalue weighted by atomic mass is 16.4. The van der Waals surface area contributed by atoms with E-state index in [1.807, 2.05) is 12.1 Å². The minimum Gasteiger partial charge on any atom is -0.476 e. The maximum atomic E-state index is 10.7. The third kappa shape index (κ3) is 3.09. The molecule has 0 aliphatic heterocycles. The average molecular weight is 260 g/mol. The van der Waals surface area contributed by atoms with Gasteiger partial charge in [-0.3, -0.25) is 0 Å². The Kier molecular flexibility index (Phi) is 3.79. The number of nitrogens with one attached hydrogen (secondary N) is 1. The lowest BCUT2D eigenvalue weighted by Gasteiger charge is -2.11. The summed E-state index contributed by atoms with van der Waals surface area (Å²) >= 11 is 0. The van der Waals surface area contributed by atoms with E-state index < -0.39 is 5.97 Å². The van der Waals surface area contributed by atoms with Gasteiger partial charge in [-0.1, -0.05) is 17.3 Å². The normalized spacial score (nSPS) is 10.4. The third-order valence-electron chi connectivity index (χ3n) is 3.02. The molecule has 0 unspecified atom stereocenters. The van der Waals surface area contributed by atoms with Crippen molar-refractivity contribution in [2.45, 2.75) is 20.4 Å². The summed E-state index contributed by atoms with van der Waals surface area (Å²) in [5.41, 5.74) is 3.50. The third-order valence-corrected chi connectivity index (χ3v) is 3.02. The van der Waals surface area contributed by atoms with Crippen LogP contribution in [0.2, 0.25) is 0 Å². The van der Waals surface area contributed by atoms with Gasteiger partial charge in [-0.05, 0) is 31.0 Å². The first-order valence-electron chi connectivity index (χ1n) is 6.01. The number of carbonyl (C=O) groups is 1. The molecule has 0 bridgehead atoms. The van der Waals surface area contributed by atoms with Gasteiger partial charge in [0.05, 0.1) is 12.7 Å². The molecule has 0 atom stereocenters. The van der Waals surface area contributed by atoms with Crippen LogP contribution in [-0.4, -0.2) is 32.6 Å². The number of benzene rings is 1. The minimum atomic E-state index is -1.06. The van der Waals surface area contributed by atoms with Crippen LogP contribution in [0.1, 0.15) is 21.6 Å². The maximum Gasteiger partial charge on any atom is 0.358 e. The van der Waals surface area contributed by atoms with E-state index in [1.165, 1.54) is 22.0 Å². The van der Waals surface area contributed by atoms with Crippen LogP contribution in [-0.2, 0) is 6.54 Å². The van der Waals surface area contributed by atoms with Crippen molar-refractivity contribution < 1.29 is 9.90 Å².